The van der Waals surface area contributed by atoms with E-state index in [1.807, 2.05) is 18.2 Å². The number of hydrogen-bond acceptors (Lipinski definition) is 3. The SMILES string of the molecule is O=C(CCCl)CC1=CC(O)Oc2ccccc21. The fraction of sp³-hybridized carbons (Fsp3) is 0.308. The fourth-order valence-electron chi connectivity index (χ4n) is 1.82. The van der Waals surface area contributed by atoms with Gasteiger partial charge in [0, 0.05) is 24.3 Å². The number of benzene rings is 1. The molecule has 90 valence electrons. The van der Waals surface area contributed by atoms with Crippen LogP contribution in [-0.2, 0) is 4.79 Å². The van der Waals surface area contributed by atoms with Gasteiger partial charge in [-0.3, -0.25) is 4.79 Å². The van der Waals surface area contributed by atoms with E-state index in [1.165, 1.54) is 0 Å². The van der Waals surface area contributed by atoms with Gasteiger partial charge in [0.1, 0.15) is 11.5 Å². The summed E-state index contributed by atoms with van der Waals surface area (Å²) in [6, 6.07) is 7.35. The smallest absolute Gasteiger partial charge is 0.217 e. The number of halogens is 1. The van der Waals surface area contributed by atoms with Crippen molar-refractivity contribution in [1.82, 2.24) is 0 Å². The zero-order valence-electron chi connectivity index (χ0n) is 9.23. The zero-order chi connectivity index (χ0) is 12.3. The maximum atomic E-state index is 11.6. The molecule has 0 bridgehead atoms. The summed E-state index contributed by atoms with van der Waals surface area (Å²) in [5.41, 5.74) is 1.66. The van der Waals surface area contributed by atoms with Gasteiger partial charge < -0.3 is 9.84 Å². The van der Waals surface area contributed by atoms with E-state index in [0.29, 0.717) is 18.1 Å². The highest BCUT2D eigenvalue weighted by Crippen LogP contribution is 2.33. The number of fused-ring (bicyclic) bond motifs is 1. The Kier molecular flexibility index (Phi) is 3.82. The van der Waals surface area contributed by atoms with Gasteiger partial charge in [-0.25, -0.2) is 0 Å². The maximum absolute atomic E-state index is 11.6. The first-order chi connectivity index (χ1) is 8.20. The molecule has 1 heterocycles. The van der Waals surface area contributed by atoms with Crippen molar-refractivity contribution >= 4 is 23.0 Å². The molecule has 2 rings (SSSR count). The lowest BCUT2D eigenvalue weighted by molar-refractivity contribution is -0.117. The van der Waals surface area contributed by atoms with Crippen molar-refractivity contribution in [3.63, 3.8) is 0 Å². The van der Waals surface area contributed by atoms with Gasteiger partial charge in [0.15, 0.2) is 0 Å². The highest BCUT2D eigenvalue weighted by molar-refractivity contribution is 6.19. The van der Waals surface area contributed by atoms with E-state index in [9.17, 15) is 9.90 Å². The largest absolute Gasteiger partial charge is 0.461 e. The number of ketones is 1. The van der Waals surface area contributed by atoms with Gasteiger partial charge >= 0.3 is 0 Å². The van der Waals surface area contributed by atoms with Crippen LogP contribution in [0.5, 0.6) is 5.75 Å². The van der Waals surface area contributed by atoms with Crippen molar-refractivity contribution in [3.05, 3.63) is 35.9 Å². The molecule has 0 aromatic heterocycles. The Hall–Kier alpha value is -1.32. The molecule has 1 N–H and O–H groups in total. The van der Waals surface area contributed by atoms with Crippen LogP contribution in [0.15, 0.2) is 30.3 Å². The van der Waals surface area contributed by atoms with Crippen LogP contribution in [-0.4, -0.2) is 23.1 Å². The summed E-state index contributed by atoms with van der Waals surface area (Å²) in [6.45, 7) is 0. The molecule has 3 nitrogen and oxygen atoms in total. The van der Waals surface area contributed by atoms with E-state index >= 15 is 0 Å². The van der Waals surface area contributed by atoms with Crippen LogP contribution < -0.4 is 4.74 Å². The summed E-state index contributed by atoms with van der Waals surface area (Å²) < 4.78 is 5.25. The molecule has 0 saturated heterocycles. The summed E-state index contributed by atoms with van der Waals surface area (Å²) in [5.74, 6) is 0.999. The molecule has 1 atom stereocenters. The van der Waals surface area contributed by atoms with Crippen LogP contribution in [0.4, 0.5) is 0 Å². The number of ether oxygens (including phenoxy) is 1. The number of para-hydroxylation sites is 1. The first kappa shape index (κ1) is 12.1. The summed E-state index contributed by atoms with van der Waals surface area (Å²) in [6.07, 6.45) is 1.21. The minimum atomic E-state index is -0.983. The molecule has 17 heavy (non-hydrogen) atoms. The Balaban J connectivity index is 2.23. The average Bonchev–Trinajstić information content (AvgIpc) is 2.29. The standard InChI is InChI=1S/C13H13ClO3/c14-6-5-10(15)7-9-8-13(16)17-12-4-2-1-3-11(9)12/h1-4,8,13,16H,5-7H2. The van der Waals surface area contributed by atoms with Crippen LogP contribution in [0.2, 0.25) is 0 Å². The van der Waals surface area contributed by atoms with Crippen molar-refractivity contribution in [3.8, 4) is 5.75 Å². The number of allylic oxidation sites excluding steroid dienone is 1. The lowest BCUT2D eigenvalue weighted by Crippen LogP contribution is -2.18. The van der Waals surface area contributed by atoms with Gasteiger partial charge in [-0.15, -0.1) is 11.6 Å². The van der Waals surface area contributed by atoms with Gasteiger partial charge in [0.25, 0.3) is 0 Å². The van der Waals surface area contributed by atoms with Crippen LogP contribution in [0.1, 0.15) is 18.4 Å². The molecule has 0 fully saturated rings. The van der Waals surface area contributed by atoms with E-state index < -0.39 is 6.29 Å². The minimum Gasteiger partial charge on any atom is -0.461 e. The lowest BCUT2D eigenvalue weighted by Gasteiger charge is -2.21. The Bertz CT molecular complexity index is 454. The second-order valence-electron chi connectivity index (χ2n) is 3.85. The summed E-state index contributed by atoms with van der Waals surface area (Å²) in [5, 5.41) is 9.53. The normalized spacial score (nSPS) is 18.0. The zero-order valence-corrected chi connectivity index (χ0v) is 9.98. The van der Waals surface area contributed by atoms with Crippen molar-refractivity contribution in [1.29, 1.82) is 0 Å². The van der Waals surface area contributed by atoms with Crippen molar-refractivity contribution in [2.24, 2.45) is 0 Å². The molecule has 0 aliphatic carbocycles. The fourth-order valence-corrected chi connectivity index (χ4v) is 2.03. The summed E-state index contributed by atoms with van der Waals surface area (Å²) >= 11 is 5.53. The molecular weight excluding hydrogens is 240 g/mol. The topological polar surface area (TPSA) is 46.5 Å². The summed E-state index contributed by atoms with van der Waals surface area (Å²) in [7, 11) is 0. The molecule has 0 spiro atoms. The molecule has 1 aromatic rings. The first-order valence-electron chi connectivity index (χ1n) is 5.43. The quantitative estimate of drug-likeness (QED) is 0.837. The van der Waals surface area contributed by atoms with E-state index in [-0.39, 0.29) is 12.2 Å². The number of carbonyl (C=O) groups is 1. The average molecular weight is 253 g/mol. The minimum absolute atomic E-state index is 0.0650. The highest BCUT2D eigenvalue weighted by atomic mass is 35.5. The van der Waals surface area contributed by atoms with E-state index in [2.05, 4.69) is 0 Å². The monoisotopic (exact) mass is 252 g/mol. The number of Topliss-reactive ketones (excluding diaryl/α,β-unsaturated/α-hetero) is 1. The predicted molar refractivity (Wildman–Crippen MR) is 66.0 cm³/mol. The number of carbonyl (C=O) groups excluding carboxylic acids is 1. The molecule has 4 heteroatoms. The van der Waals surface area contributed by atoms with Crippen LogP contribution in [0.25, 0.3) is 5.57 Å². The Morgan fingerprint density at radius 2 is 2.18 bits per heavy atom. The van der Waals surface area contributed by atoms with Crippen molar-refractivity contribution in [2.75, 3.05) is 5.88 Å². The molecule has 1 unspecified atom stereocenters. The van der Waals surface area contributed by atoms with E-state index in [4.69, 9.17) is 16.3 Å². The van der Waals surface area contributed by atoms with Crippen LogP contribution in [0.3, 0.4) is 0 Å². The van der Waals surface area contributed by atoms with Crippen LogP contribution >= 0.6 is 11.6 Å². The number of hydrogen-bond donors (Lipinski definition) is 1. The third-order valence-electron chi connectivity index (χ3n) is 2.59. The van der Waals surface area contributed by atoms with Crippen LogP contribution in [0, 0.1) is 0 Å². The first-order valence-corrected chi connectivity index (χ1v) is 5.96. The third-order valence-corrected chi connectivity index (χ3v) is 2.77. The molecule has 1 aliphatic rings. The molecule has 0 amide bonds. The molecule has 1 aromatic carbocycles. The molecular formula is C13H13ClO3. The van der Waals surface area contributed by atoms with E-state index in [0.717, 1.165) is 11.1 Å². The number of aliphatic hydroxyl groups is 1. The van der Waals surface area contributed by atoms with Gasteiger partial charge in [-0.1, -0.05) is 18.2 Å². The highest BCUT2D eigenvalue weighted by Gasteiger charge is 2.19. The predicted octanol–water partition coefficient (Wildman–Crippen LogP) is 2.37. The van der Waals surface area contributed by atoms with Gasteiger partial charge in [0.05, 0.1) is 0 Å². The lowest BCUT2D eigenvalue weighted by atomic mass is 9.97. The maximum Gasteiger partial charge on any atom is 0.217 e. The third kappa shape index (κ3) is 2.87. The Morgan fingerprint density at radius 1 is 1.41 bits per heavy atom. The second-order valence-corrected chi connectivity index (χ2v) is 4.23. The van der Waals surface area contributed by atoms with Gasteiger partial charge in [-0.05, 0) is 17.7 Å². The number of aliphatic hydroxyl groups excluding tert-OH is 1. The number of alkyl halides is 1. The summed E-state index contributed by atoms with van der Waals surface area (Å²) in [4.78, 5) is 11.6. The Labute approximate surface area is 105 Å². The number of rotatable bonds is 4. The molecule has 0 saturated carbocycles. The Morgan fingerprint density at radius 3 is 2.94 bits per heavy atom. The molecule has 1 aliphatic heterocycles. The van der Waals surface area contributed by atoms with E-state index in [1.54, 1.807) is 12.1 Å². The molecule has 0 radical (unpaired) electrons. The second kappa shape index (κ2) is 5.34. The van der Waals surface area contributed by atoms with Gasteiger partial charge in [-0.2, -0.15) is 0 Å². The van der Waals surface area contributed by atoms with Crippen molar-refractivity contribution < 1.29 is 14.6 Å². The van der Waals surface area contributed by atoms with Crippen molar-refractivity contribution in [2.45, 2.75) is 19.1 Å². The van der Waals surface area contributed by atoms with Gasteiger partial charge in [0.2, 0.25) is 6.29 Å².